The minimum atomic E-state index is 0.297. The van der Waals surface area contributed by atoms with Crippen molar-refractivity contribution in [2.24, 2.45) is 0 Å². The van der Waals surface area contributed by atoms with E-state index in [1.165, 1.54) is 11.1 Å². The first-order chi connectivity index (χ1) is 8.29. The largest absolute Gasteiger partial charge is 0.379 e. The van der Waals surface area contributed by atoms with Gasteiger partial charge in [-0.25, -0.2) is 0 Å². The van der Waals surface area contributed by atoms with Crippen molar-refractivity contribution in [3.63, 3.8) is 0 Å². The maximum absolute atomic E-state index is 4.03. The quantitative estimate of drug-likeness (QED) is 0.857. The number of nitrogens with zero attached hydrogens (tertiary/aromatic N) is 1. The number of rotatable bonds is 4. The molecule has 0 aliphatic rings. The smallest absolute Gasteiger partial charge is 0.0486 e. The Labute approximate surface area is 103 Å². The van der Waals surface area contributed by atoms with Gasteiger partial charge in [-0.15, -0.1) is 0 Å². The Hall–Kier alpha value is -1.83. The Morgan fingerprint density at radius 1 is 1.06 bits per heavy atom. The van der Waals surface area contributed by atoms with Gasteiger partial charge in [-0.2, -0.15) is 0 Å². The molecule has 1 aromatic heterocycles. The SMILES string of the molecule is CCc1ccc(NC(C)c2ccncc2)cc1. The third kappa shape index (κ3) is 3.06. The van der Waals surface area contributed by atoms with Crippen LogP contribution in [-0.2, 0) is 6.42 Å². The highest BCUT2D eigenvalue weighted by Gasteiger charge is 2.04. The Balaban J connectivity index is 2.05. The van der Waals surface area contributed by atoms with Gasteiger partial charge in [0.1, 0.15) is 0 Å². The van der Waals surface area contributed by atoms with Crippen LogP contribution in [0.15, 0.2) is 48.8 Å². The van der Waals surface area contributed by atoms with E-state index in [0.29, 0.717) is 6.04 Å². The maximum atomic E-state index is 4.03. The van der Waals surface area contributed by atoms with Gasteiger partial charge in [-0.05, 0) is 48.7 Å². The fourth-order valence-corrected chi connectivity index (χ4v) is 1.82. The second-order valence-corrected chi connectivity index (χ2v) is 4.20. The summed E-state index contributed by atoms with van der Waals surface area (Å²) < 4.78 is 0. The summed E-state index contributed by atoms with van der Waals surface area (Å²) in [5, 5.41) is 3.48. The van der Waals surface area contributed by atoms with E-state index >= 15 is 0 Å². The normalized spacial score (nSPS) is 12.1. The number of pyridine rings is 1. The monoisotopic (exact) mass is 226 g/mol. The standard InChI is InChI=1S/C15H18N2/c1-3-13-4-6-15(7-5-13)17-12(2)14-8-10-16-11-9-14/h4-12,17H,3H2,1-2H3. The van der Waals surface area contributed by atoms with Gasteiger partial charge in [0.2, 0.25) is 0 Å². The van der Waals surface area contributed by atoms with Gasteiger partial charge < -0.3 is 5.32 Å². The lowest BCUT2D eigenvalue weighted by atomic mass is 10.1. The second-order valence-electron chi connectivity index (χ2n) is 4.20. The van der Waals surface area contributed by atoms with Crippen molar-refractivity contribution in [3.05, 3.63) is 59.9 Å². The molecule has 17 heavy (non-hydrogen) atoms. The van der Waals surface area contributed by atoms with Crippen molar-refractivity contribution < 1.29 is 0 Å². The second kappa shape index (κ2) is 5.48. The summed E-state index contributed by atoms with van der Waals surface area (Å²) in [5.74, 6) is 0. The van der Waals surface area contributed by atoms with E-state index in [4.69, 9.17) is 0 Å². The Morgan fingerprint density at radius 3 is 2.29 bits per heavy atom. The number of nitrogens with one attached hydrogen (secondary N) is 1. The lowest BCUT2D eigenvalue weighted by Gasteiger charge is -2.15. The Bertz CT molecular complexity index is 448. The first-order valence-corrected chi connectivity index (χ1v) is 6.05. The van der Waals surface area contributed by atoms with Crippen LogP contribution < -0.4 is 5.32 Å². The molecule has 1 aromatic carbocycles. The zero-order valence-corrected chi connectivity index (χ0v) is 10.4. The van der Waals surface area contributed by atoms with Crippen LogP contribution in [0.3, 0.4) is 0 Å². The maximum Gasteiger partial charge on any atom is 0.0486 e. The number of aryl methyl sites for hydroxylation is 1. The van der Waals surface area contributed by atoms with Crippen LogP contribution in [-0.4, -0.2) is 4.98 Å². The van der Waals surface area contributed by atoms with Crippen LogP contribution in [0.4, 0.5) is 5.69 Å². The molecule has 0 saturated carbocycles. The molecule has 88 valence electrons. The first kappa shape index (κ1) is 11.6. The van der Waals surface area contributed by atoms with E-state index in [0.717, 1.165) is 12.1 Å². The molecular formula is C15H18N2. The molecule has 1 unspecified atom stereocenters. The highest BCUT2D eigenvalue weighted by molar-refractivity contribution is 5.46. The summed E-state index contributed by atoms with van der Waals surface area (Å²) in [6, 6.07) is 13.0. The van der Waals surface area contributed by atoms with Crippen LogP contribution in [0, 0.1) is 0 Å². The van der Waals surface area contributed by atoms with E-state index in [-0.39, 0.29) is 0 Å². The van der Waals surface area contributed by atoms with Crippen molar-refractivity contribution in [2.75, 3.05) is 5.32 Å². The third-order valence-electron chi connectivity index (χ3n) is 2.95. The molecule has 0 spiro atoms. The molecule has 1 heterocycles. The Morgan fingerprint density at radius 2 is 1.71 bits per heavy atom. The third-order valence-corrected chi connectivity index (χ3v) is 2.95. The van der Waals surface area contributed by atoms with E-state index in [1.807, 2.05) is 24.5 Å². The van der Waals surface area contributed by atoms with E-state index < -0.39 is 0 Å². The van der Waals surface area contributed by atoms with Crippen LogP contribution in [0.1, 0.15) is 31.0 Å². The molecule has 1 N–H and O–H groups in total. The molecule has 0 aliphatic carbocycles. The molecule has 2 heteroatoms. The lowest BCUT2D eigenvalue weighted by molar-refractivity contribution is 0.880. The summed E-state index contributed by atoms with van der Waals surface area (Å²) >= 11 is 0. The predicted octanol–water partition coefficient (Wildman–Crippen LogP) is 3.82. The van der Waals surface area contributed by atoms with Crippen molar-refractivity contribution in [2.45, 2.75) is 26.3 Å². The van der Waals surface area contributed by atoms with E-state index in [1.54, 1.807) is 0 Å². The number of aromatic nitrogens is 1. The fourth-order valence-electron chi connectivity index (χ4n) is 1.82. The molecule has 0 saturated heterocycles. The molecule has 0 aliphatic heterocycles. The summed E-state index contributed by atoms with van der Waals surface area (Å²) in [6.07, 6.45) is 4.74. The van der Waals surface area contributed by atoms with Crippen molar-refractivity contribution in [1.82, 2.24) is 4.98 Å². The zero-order valence-electron chi connectivity index (χ0n) is 10.4. The molecular weight excluding hydrogens is 208 g/mol. The van der Waals surface area contributed by atoms with Gasteiger partial charge in [0.05, 0.1) is 0 Å². The molecule has 0 radical (unpaired) electrons. The lowest BCUT2D eigenvalue weighted by Crippen LogP contribution is -2.06. The average molecular weight is 226 g/mol. The number of benzene rings is 1. The number of hydrogen-bond donors (Lipinski definition) is 1. The van der Waals surface area contributed by atoms with Crippen LogP contribution in [0.2, 0.25) is 0 Å². The van der Waals surface area contributed by atoms with Gasteiger partial charge in [0.15, 0.2) is 0 Å². The molecule has 0 amide bonds. The van der Waals surface area contributed by atoms with Crippen molar-refractivity contribution in [1.29, 1.82) is 0 Å². The minimum absolute atomic E-state index is 0.297. The summed E-state index contributed by atoms with van der Waals surface area (Å²) in [4.78, 5) is 4.03. The van der Waals surface area contributed by atoms with Gasteiger partial charge in [-0.3, -0.25) is 4.98 Å². The van der Waals surface area contributed by atoms with Crippen LogP contribution in [0.25, 0.3) is 0 Å². The summed E-state index contributed by atoms with van der Waals surface area (Å²) in [6.45, 7) is 4.32. The van der Waals surface area contributed by atoms with Gasteiger partial charge >= 0.3 is 0 Å². The molecule has 0 bridgehead atoms. The van der Waals surface area contributed by atoms with Crippen molar-refractivity contribution >= 4 is 5.69 Å². The fraction of sp³-hybridized carbons (Fsp3) is 0.267. The average Bonchev–Trinajstić information content (AvgIpc) is 2.40. The number of hydrogen-bond acceptors (Lipinski definition) is 2. The molecule has 2 nitrogen and oxygen atoms in total. The molecule has 2 aromatic rings. The van der Waals surface area contributed by atoms with E-state index in [9.17, 15) is 0 Å². The molecule has 1 atom stereocenters. The van der Waals surface area contributed by atoms with Crippen LogP contribution >= 0.6 is 0 Å². The first-order valence-electron chi connectivity index (χ1n) is 6.05. The van der Waals surface area contributed by atoms with Gasteiger partial charge in [-0.1, -0.05) is 19.1 Å². The van der Waals surface area contributed by atoms with E-state index in [2.05, 4.69) is 48.4 Å². The highest BCUT2D eigenvalue weighted by atomic mass is 14.9. The predicted molar refractivity (Wildman–Crippen MR) is 72.1 cm³/mol. The minimum Gasteiger partial charge on any atom is -0.379 e. The van der Waals surface area contributed by atoms with Crippen molar-refractivity contribution in [3.8, 4) is 0 Å². The van der Waals surface area contributed by atoms with Crippen LogP contribution in [0.5, 0.6) is 0 Å². The zero-order chi connectivity index (χ0) is 12.1. The Kier molecular flexibility index (Phi) is 3.76. The molecule has 2 rings (SSSR count). The topological polar surface area (TPSA) is 24.9 Å². The summed E-state index contributed by atoms with van der Waals surface area (Å²) in [7, 11) is 0. The van der Waals surface area contributed by atoms with Gasteiger partial charge in [0.25, 0.3) is 0 Å². The highest BCUT2D eigenvalue weighted by Crippen LogP contribution is 2.18. The summed E-state index contributed by atoms with van der Waals surface area (Å²) in [5.41, 5.74) is 3.78. The number of anilines is 1. The molecule has 0 fully saturated rings. The van der Waals surface area contributed by atoms with Gasteiger partial charge in [0, 0.05) is 24.1 Å².